The number of carbonyl (C=O) groups is 2. The van der Waals surface area contributed by atoms with Crippen molar-refractivity contribution in [3.63, 3.8) is 0 Å². The van der Waals surface area contributed by atoms with E-state index in [0.717, 1.165) is 4.88 Å². The van der Waals surface area contributed by atoms with E-state index in [1.807, 2.05) is 6.92 Å². The Balaban J connectivity index is 2.27. The number of ether oxygens (including phenoxy) is 1. The first-order valence-electron chi connectivity index (χ1n) is 5.52. The van der Waals surface area contributed by atoms with Crippen molar-refractivity contribution in [2.45, 2.75) is 6.92 Å². The van der Waals surface area contributed by atoms with Crippen LogP contribution < -0.4 is 5.32 Å². The first-order chi connectivity index (χ1) is 9.13. The summed E-state index contributed by atoms with van der Waals surface area (Å²) in [6.07, 6.45) is 0. The largest absolute Gasteiger partial charge is 0.465 e. The fourth-order valence-electron chi connectivity index (χ4n) is 1.58. The highest BCUT2D eigenvalue weighted by Crippen LogP contribution is 2.18. The molecule has 0 saturated carbocycles. The van der Waals surface area contributed by atoms with Crippen LogP contribution in [-0.2, 0) is 4.74 Å². The molecule has 0 fully saturated rings. The molecule has 1 aromatic heterocycles. The summed E-state index contributed by atoms with van der Waals surface area (Å²) in [5, 5.41) is 2.67. The number of para-hydroxylation sites is 1. The van der Waals surface area contributed by atoms with Crippen molar-refractivity contribution < 1.29 is 14.3 Å². The van der Waals surface area contributed by atoms with Gasteiger partial charge in [-0.05, 0) is 19.1 Å². The van der Waals surface area contributed by atoms with E-state index in [-0.39, 0.29) is 5.91 Å². The van der Waals surface area contributed by atoms with Gasteiger partial charge in [0.15, 0.2) is 0 Å². The molecule has 5 nitrogen and oxygen atoms in total. The van der Waals surface area contributed by atoms with E-state index < -0.39 is 5.97 Å². The number of methoxy groups -OCH3 is 1. The highest BCUT2D eigenvalue weighted by molar-refractivity contribution is 7.09. The molecule has 1 N–H and O–H groups in total. The minimum Gasteiger partial charge on any atom is -0.465 e. The molecule has 0 aliphatic rings. The second kappa shape index (κ2) is 5.62. The Morgan fingerprint density at radius 3 is 2.68 bits per heavy atom. The maximum atomic E-state index is 12.0. The highest BCUT2D eigenvalue weighted by Gasteiger charge is 2.16. The number of nitrogens with one attached hydrogen (secondary N) is 1. The molecule has 0 bridgehead atoms. The van der Waals surface area contributed by atoms with E-state index in [2.05, 4.69) is 15.0 Å². The minimum atomic E-state index is -0.495. The van der Waals surface area contributed by atoms with Crippen LogP contribution in [0, 0.1) is 6.92 Å². The van der Waals surface area contributed by atoms with Gasteiger partial charge in [-0.3, -0.25) is 4.79 Å². The van der Waals surface area contributed by atoms with Gasteiger partial charge in [-0.2, -0.15) is 0 Å². The Kier molecular flexibility index (Phi) is 3.91. The third-order valence-corrected chi connectivity index (χ3v) is 3.30. The molecule has 0 atom stereocenters. The first kappa shape index (κ1) is 13.2. The number of hydrogen-bond acceptors (Lipinski definition) is 5. The van der Waals surface area contributed by atoms with Gasteiger partial charge in [0.25, 0.3) is 5.91 Å². The number of amides is 1. The number of nitrogens with zero attached hydrogens (tertiary/aromatic N) is 1. The van der Waals surface area contributed by atoms with E-state index in [0.29, 0.717) is 16.9 Å². The molecule has 0 spiro atoms. The van der Waals surface area contributed by atoms with E-state index >= 15 is 0 Å². The number of benzene rings is 1. The molecule has 19 heavy (non-hydrogen) atoms. The molecule has 0 aliphatic carbocycles. The van der Waals surface area contributed by atoms with Crippen LogP contribution in [0.4, 0.5) is 5.69 Å². The zero-order valence-corrected chi connectivity index (χ0v) is 11.3. The van der Waals surface area contributed by atoms with Crippen molar-refractivity contribution in [2.75, 3.05) is 12.4 Å². The third-order valence-electron chi connectivity index (χ3n) is 2.54. The molecule has 0 radical (unpaired) electrons. The van der Waals surface area contributed by atoms with Gasteiger partial charge in [0.1, 0.15) is 5.69 Å². The monoisotopic (exact) mass is 276 g/mol. The fourth-order valence-corrected chi connectivity index (χ4v) is 2.16. The third kappa shape index (κ3) is 2.79. The van der Waals surface area contributed by atoms with Crippen molar-refractivity contribution in [1.82, 2.24) is 4.98 Å². The molecule has 98 valence electrons. The normalized spacial score (nSPS) is 10.0. The van der Waals surface area contributed by atoms with Crippen molar-refractivity contribution >= 4 is 28.9 Å². The summed E-state index contributed by atoms with van der Waals surface area (Å²) in [5.74, 6) is -0.832. The SMILES string of the molecule is COC(=O)c1ccccc1NC(=O)c1ncsc1C. The van der Waals surface area contributed by atoms with E-state index in [9.17, 15) is 9.59 Å². The molecule has 1 aromatic carbocycles. The molecule has 2 aromatic rings. The summed E-state index contributed by atoms with van der Waals surface area (Å²) in [6, 6.07) is 6.67. The number of carbonyl (C=O) groups excluding carboxylic acids is 2. The maximum absolute atomic E-state index is 12.0. The van der Waals surface area contributed by atoms with Gasteiger partial charge in [-0.1, -0.05) is 12.1 Å². The van der Waals surface area contributed by atoms with Crippen LogP contribution in [-0.4, -0.2) is 24.0 Å². The molecule has 2 rings (SSSR count). The smallest absolute Gasteiger partial charge is 0.339 e. The van der Waals surface area contributed by atoms with Crippen LogP contribution in [0.25, 0.3) is 0 Å². The van der Waals surface area contributed by atoms with Crippen LogP contribution in [0.1, 0.15) is 25.7 Å². The lowest BCUT2D eigenvalue weighted by Gasteiger charge is -2.08. The number of esters is 1. The molecular formula is C13H12N2O3S. The zero-order chi connectivity index (χ0) is 13.8. The minimum absolute atomic E-state index is 0.311. The molecule has 0 unspecified atom stereocenters. The Hall–Kier alpha value is -2.21. The molecule has 1 amide bonds. The summed E-state index contributed by atoms with van der Waals surface area (Å²) in [6.45, 7) is 1.82. The van der Waals surface area contributed by atoms with Crippen molar-refractivity contribution in [1.29, 1.82) is 0 Å². The van der Waals surface area contributed by atoms with Gasteiger partial charge in [0.05, 0.1) is 23.9 Å². The molecule has 1 heterocycles. The first-order valence-corrected chi connectivity index (χ1v) is 6.40. The highest BCUT2D eigenvalue weighted by atomic mass is 32.1. The van der Waals surface area contributed by atoms with Crippen LogP contribution >= 0.6 is 11.3 Å². The number of rotatable bonds is 3. The number of hydrogen-bond donors (Lipinski definition) is 1. The summed E-state index contributed by atoms with van der Waals surface area (Å²) < 4.78 is 4.67. The zero-order valence-electron chi connectivity index (χ0n) is 10.5. The molecule has 6 heteroatoms. The lowest BCUT2D eigenvalue weighted by Crippen LogP contribution is -2.16. The lowest BCUT2D eigenvalue weighted by molar-refractivity contribution is 0.0602. The van der Waals surface area contributed by atoms with Crippen molar-refractivity contribution in [2.24, 2.45) is 0 Å². The van der Waals surface area contributed by atoms with Crippen molar-refractivity contribution in [3.8, 4) is 0 Å². The summed E-state index contributed by atoms with van der Waals surface area (Å²) in [5.41, 5.74) is 2.69. The predicted molar refractivity (Wildman–Crippen MR) is 72.6 cm³/mol. The second-order valence-corrected chi connectivity index (χ2v) is 4.81. The summed E-state index contributed by atoms with van der Waals surface area (Å²) in [7, 11) is 1.30. The number of aromatic nitrogens is 1. The molecule has 0 saturated heterocycles. The van der Waals surface area contributed by atoms with Crippen LogP contribution in [0.3, 0.4) is 0 Å². The Labute approximate surface area is 114 Å². The van der Waals surface area contributed by atoms with Gasteiger partial charge in [0, 0.05) is 4.88 Å². The number of aryl methyl sites for hydroxylation is 1. The number of anilines is 1. The van der Waals surface area contributed by atoms with Crippen LogP contribution in [0.15, 0.2) is 29.8 Å². The van der Waals surface area contributed by atoms with E-state index in [1.54, 1.807) is 29.8 Å². The second-order valence-electron chi connectivity index (χ2n) is 3.75. The maximum Gasteiger partial charge on any atom is 0.339 e. The van der Waals surface area contributed by atoms with Gasteiger partial charge >= 0.3 is 5.97 Å². The Bertz CT molecular complexity index is 622. The van der Waals surface area contributed by atoms with E-state index in [4.69, 9.17) is 0 Å². The topological polar surface area (TPSA) is 68.3 Å². The van der Waals surface area contributed by atoms with Crippen LogP contribution in [0.5, 0.6) is 0 Å². The standard InChI is InChI=1S/C13H12N2O3S/c1-8-11(14-7-19-8)12(16)15-10-6-4-3-5-9(10)13(17)18-2/h3-7H,1-2H3,(H,15,16). The lowest BCUT2D eigenvalue weighted by atomic mass is 10.1. The fraction of sp³-hybridized carbons (Fsp3) is 0.154. The van der Waals surface area contributed by atoms with Gasteiger partial charge < -0.3 is 10.1 Å². The summed E-state index contributed by atoms with van der Waals surface area (Å²) >= 11 is 1.39. The molecular weight excluding hydrogens is 264 g/mol. The Morgan fingerprint density at radius 2 is 2.05 bits per heavy atom. The Morgan fingerprint density at radius 1 is 1.32 bits per heavy atom. The van der Waals surface area contributed by atoms with Gasteiger partial charge in [0.2, 0.25) is 0 Å². The van der Waals surface area contributed by atoms with Gasteiger partial charge in [-0.25, -0.2) is 9.78 Å². The summed E-state index contributed by atoms with van der Waals surface area (Å²) in [4.78, 5) is 28.4. The quantitative estimate of drug-likeness (QED) is 0.874. The average molecular weight is 276 g/mol. The number of thiazole rings is 1. The van der Waals surface area contributed by atoms with E-state index in [1.165, 1.54) is 18.4 Å². The van der Waals surface area contributed by atoms with Crippen LogP contribution in [0.2, 0.25) is 0 Å². The van der Waals surface area contributed by atoms with Gasteiger partial charge in [-0.15, -0.1) is 11.3 Å². The average Bonchev–Trinajstić information content (AvgIpc) is 2.85. The predicted octanol–water partition coefficient (Wildman–Crippen LogP) is 2.49. The molecule has 0 aliphatic heterocycles. The van der Waals surface area contributed by atoms with Crippen molar-refractivity contribution in [3.05, 3.63) is 45.9 Å².